The lowest BCUT2D eigenvalue weighted by Crippen LogP contribution is -2.54. The van der Waals surface area contributed by atoms with Gasteiger partial charge in [-0.25, -0.2) is 15.0 Å². The second-order valence-electron chi connectivity index (χ2n) is 10.0. The minimum Gasteiger partial charge on any atom is -0.377 e. The standard InChI is InChI=1S/C23H30F3N9O2/c1-13-11-37-8-7-34(13)21-31-16(14-9-29-20(28)30-10-14)15-3-5-35(18(15)32-21)22(2)4-6-33(12-22)19(36)17(27)23(24,25)26/h9-10,13,17H,3-8,11-12,27H2,1-2H3,(H2,28,29,30)/t13-,17-,22-/m0/s1. The Balaban J connectivity index is 1.51. The Morgan fingerprint density at radius 3 is 2.62 bits per heavy atom. The number of carbonyl (C=O) groups excluding carboxylic acids is 1. The minimum atomic E-state index is -4.79. The van der Waals surface area contributed by atoms with Crippen LogP contribution in [-0.4, -0.2) is 93.9 Å². The molecule has 3 aliphatic rings. The second kappa shape index (κ2) is 9.24. The Kier molecular flexibility index (Phi) is 6.34. The van der Waals surface area contributed by atoms with Gasteiger partial charge in [0.15, 0.2) is 6.04 Å². The Labute approximate surface area is 212 Å². The van der Waals surface area contributed by atoms with E-state index < -0.39 is 23.7 Å². The number of nitrogen functional groups attached to an aromatic ring is 1. The number of anilines is 3. The number of fused-ring (bicyclic) bond motifs is 1. The van der Waals surface area contributed by atoms with Crippen LogP contribution in [-0.2, 0) is 16.0 Å². The molecule has 5 heterocycles. The smallest absolute Gasteiger partial charge is 0.377 e. The second-order valence-corrected chi connectivity index (χ2v) is 10.0. The molecule has 14 heteroatoms. The molecule has 2 fully saturated rings. The summed E-state index contributed by atoms with van der Waals surface area (Å²) in [5.41, 5.74) is 12.6. The highest BCUT2D eigenvalue weighted by molar-refractivity contribution is 5.83. The number of nitrogens with zero attached hydrogens (tertiary/aromatic N) is 7. The lowest BCUT2D eigenvalue weighted by atomic mass is 9.99. The fourth-order valence-electron chi connectivity index (χ4n) is 5.31. The van der Waals surface area contributed by atoms with E-state index in [0.717, 1.165) is 5.56 Å². The fourth-order valence-corrected chi connectivity index (χ4v) is 5.31. The first-order valence-electron chi connectivity index (χ1n) is 12.2. The van der Waals surface area contributed by atoms with Crippen molar-refractivity contribution in [2.75, 3.05) is 54.9 Å². The fraction of sp³-hybridized carbons (Fsp3) is 0.609. The van der Waals surface area contributed by atoms with Gasteiger partial charge in [-0.15, -0.1) is 0 Å². The van der Waals surface area contributed by atoms with Crippen LogP contribution in [0.2, 0.25) is 0 Å². The van der Waals surface area contributed by atoms with Crippen molar-refractivity contribution in [3.8, 4) is 11.3 Å². The summed E-state index contributed by atoms with van der Waals surface area (Å²) < 4.78 is 44.9. The van der Waals surface area contributed by atoms with Crippen molar-refractivity contribution < 1.29 is 22.7 Å². The van der Waals surface area contributed by atoms with Gasteiger partial charge in [0.1, 0.15) is 5.82 Å². The number of nitrogens with two attached hydrogens (primary N) is 2. The van der Waals surface area contributed by atoms with E-state index >= 15 is 0 Å². The van der Waals surface area contributed by atoms with Crippen LogP contribution < -0.4 is 21.3 Å². The minimum absolute atomic E-state index is 0.0520. The number of morpholine rings is 1. The number of hydrogen-bond donors (Lipinski definition) is 2. The van der Waals surface area contributed by atoms with Gasteiger partial charge in [-0.05, 0) is 26.7 Å². The highest BCUT2D eigenvalue weighted by Gasteiger charge is 2.49. The van der Waals surface area contributed by atoms with Crippen molar-refractivity contribution in [3.05, 3.63) is 18.0 Å². The number of rotatable bonds is 4. The van der Waals surface area contributed by atoms with Crippen molar-refractivity contribution in [1.29, 1.82) is 0 Å². The molecule has 1 amide bonds. The average molecular weight is 522 g/mol. The number of amides is 1. The van der Waals surface area contributed by atoms with E-state index in [-0.39, 0.29) is 25.1 Å². The van der Waals surface area contributed by atoms with E-state index in [9.17, 15) is 18.0 Å². The molecule has 2 saturated heterocycles. The topological polar surface area (TPSA) is 140 Å². The number of alkyl halides is 3. The molecule has 2 aromatic rings. The van der Waals surface area contributed by atoms with Gasteiger partial charge in [0.25, 0.3) is 0 Å². The zero-order chi connectivity index (χ0) is 26.5. The van der Waals surface area contributed by atoms with Gasteiger partial charge in [0.2, 0.25) is 17.8 Å². The van der Waals surface area contributed by atoms with Crippen LogP contribution in [0.1, 0.15) is 25.8 Å². The van der Waals surface area contributed by atoms with Crippen molar-refractivity contribution in [2.45, 2.75) is 50.5 Å². The van der Waals surface area contributed by atoms with Gasteiger partial charge in [-0.3, -0.25) is 4.79 Å². The van der Waals surface area contributed by atoms with E-state index in [2.05, 4.69) is 19.8 Å². The largest absolute Gasteiger partial charge is 0.412 e. The van der Waals surface area contributed by atoms with Crippen LogP contribution in [0.25, 0.3) is 11.3 Å². The number of hydrogen-bond acceptors (Lipinski definition) is 10. The average Bonchev–Trinajstić information content (AvgIpc) is 3.47. The summed E-state index contributed by atoms with van der Waals surface area (Å²) in [6, 6.07) is -2.48. The van der Waals surface area contributed by atoms with Crippen LogP contribution in [0.15, 0.2) is 12.4 Å². The molecule has 0 spiro atoms. The molecule has 0 unspecified atom stereocenters. The van der Waals surface area contributed by atoms with E-state index in [1.807, 2.05) is 13.8 Å². The lowest BCUT2D eigenvalue weighted by Gasteiger charge is -2.38. The Morgan fingerprint density at radius 1 is 1.22 bits per heavy atom. The molecule has 0 aliphatic carbocycles. The molecule has 4 N–H and O–H groups in total. The first-order valence-corrected chi connectivity index (χ1v) is 12.2. The Morgan fingerprint density at radius 2 is 1.95 bits per heavy atom. The molecule has 11 nitrogen and oxygen atoms in total. The van der Waals surface area contributed by atoms with Crippen LogP contribution in [0.5, 0.6) is 0 Å². The van der Waals surface area contributed by atoms with Crippen LogP contribution in [0, 0.1) is 0 Å². The summed E-state index contributed by atoms with van der Waals surface area (Å²) in [7, 11) is 0. The van der Waals surface area contributed by atoms with Crippen molar-refractivity contribution in [1.82, 2.24) is 24.8 Å². The third-order valence-electron chi connectivity index (χ3n) is 7.42. The number of likely N-dealkylation sites (tertiary alicyclic amines) is 1. The third-order valence-corrected chi connectivity index (χ3v) is 7.42. The zero-order valence-corrected chi connectivity index (χ0v) is 20.7. The van der Waals surface area contributed by atoms with Gasteiger partial charge in [0, 0.05) is 49.7 Å². The summed E-state index contributed by atoms with van der Waals surface area (Å²) in [5, 5.41) is 0. The molecule has 3 atom stereocenters. The number of aromatic nitrogens is 4. The predicted octanol–water partition coefficient (Wildman–Crippen LogP) is 0.984. The predicted molar refractivity (Wildman–Crippen MR) is 130 cm³/mol. The third kappa shape index (κ3) is 4.63. The maximum Gasteiger partial charge on any atom is 0.412 e. The van der Waals surface area contributed by atoms with E-state index in [1.54, 1.807) is 12.4 Å². The van der Waals surface area contributed by atoms with E-state index in [4.69, 9.17) is 26.2 Å². The molecule has 0 radical (unpaired) electrons. The van der Waals surface area contributed by atoms with E-state index in [1.165, 1.54) is 4.90 Å². The normalized spacial score (nSPS) is 24.9. The Hall–Kier alpha value is -3.26. The zero-order valence-electron chi connectivity index (χ0n) is 20.7. The molecule has 37 heavy (non-hydrogen) atoms. The molecular formula is C23H30F3N9O2. The summed E-state index contributed by atoms with van der Waals surface area (Å²) in [5.74, 6) is 0.272. The van der Waals surface area contributed by atoms with Gasteiger partial charge in [-0.2, -0.15) is 18.2 Å². The lowest BCUT2D eigenvalue weighted by molar-refractivity contribution is -0.169. The molecular weight excluding hydrogens is 491 g/mol. The molecule has 2 aromatic heterocycles. The maximum absolute atomic E-state index is 13.1. The van der Waals surface area contributed by atoms with Crippen molar-refractivity contribution in [3.63, 3.8) is 0 Å². The SMILES string of the molecule is C[C@H]1COCCN1c1nc(-c2cnc(N)nc2)c2c(n1)N([C@@]1(C)CCN(C(=O)[C@H](N)C(F)(F)F)C1)CC2. The molecule has 0 saturated carbocycles. The number of halogens is 3. The first kappa shape index (κ1) is 25.4. The van der Waals surface area contributed by atoms with E-state index in [0.29, 0.717) is 62.2 Å². The van der Waals surface area contributed by atoms with Crippen LogP contribution in [0.4, 0.5) is 30.9 Å². The highest BCUT2D eigenvalue weighted by atomic mass is 19.4. The quantitative estimate of drug-likeness (QED) is 0.599. The summed E-state index contributed by atoms with van der Waals surface area (Å²) >= 11 is 0. The molecule has 5 rings (SSSR count). The van der Waals surface area contributed by atoms with Crippen LogP contribution >= 0.6 is 0 Å². The number of carbonyl (C=O) groups is 1. The maximum atomic E-state index is 13.1. The number of ether oxygens (including phenoxy) is 1. The van der Waals surface area contributed by atoms with Gasteiger partial charge in [-0.1, -0.05) is 0 Å². The molecule has 0 bridgehead atoms. The first-order chi connectivity index (χ1) is 17.5. The Bertz CT molecular complexity index is 1180. The molecule has 0 aromatic carbocycles. The van der Waals surface area contributed by atoms with Crippen LogP contribution in [0.3, 0.4) is 0 Å². The van der Waals surface area contributed by atoms with Crippen molar-refractivity contribution in [2.24, 2.45) is 5.73 Å². The van der Waals surface area contributed by atoms with Crippen molar-refractivity contribution >= 4 is 23.6 Å². The summed E-state index contributed by atoms with van der Waals surface area (Å²) in [4.78, 5) is 36.0. The van der Waals surface area contributed by atoms with Gasteiger partial charge >= 0.3 is 6.18 Å². The molecule has 200 valence electrons. The highest BCUT2D eigenvalue weighted by Crippen LogP contribution is 2.42. The summed E-state index contributed by atoms with van der Waals surface area (Å²) in [6.45, 7) is 6.56. The summed E-state index contributed by atoms with van der Waals surface area (Å²) in [6.07, 6.45) is -0.439. The van der Waals surface area contributed by atoms with Gasteiger partial charge < -0.3 is 30.9 Å². The molecule has 3 aliphatic heterocycles. The van der Waals surface area contributed by atoms with Gasteiger partial charge in [0.05, 0.1) is 30.5 Å². The monoisotopic (exact) mass is 521 g/mol.